The van der Waals surface area contributed by atoms with E-state index in [0.717, 1.165) is 0 Å². The van der Waals surface area contributed by atoms with Crippen molar-refractivity contribution in [3.05, 3.63) is 12.2 Å². The van der Waals surface area contributed by atoms with Gasteiger partial charge < -0.3 is 28.8 Å². The second-order valence-corrected chi connectivity index (χ2v) is 5.56. The Bertz CT molecular complexity index is 498. The number of esters is 2. The van der Waals surface area contributed by atoms with E-state index in [9.17, 15) is 9.59 Å². The van der Waals surface area contributed by atoms with Crippen molar-refractivity contribution in [2.45, 2.75) is 50.3 Å². The van der Waals surface area contributed by atoms with Gasteiger partial charge in [-0.05, 0) is 13.8 Å². The molecule has 3 aliphatic rings. The normalized spacial score (nSPS) is 39.6. The Morgan fingerprint density at radius 1 is 1.33 bits per heavy atom. The van der Waals surface area contributed by atoms with Crippen molar-refractivity contribution in [2.24, 2.45) is 0 Å². The van der Waals surface area contributed by atoms with Crippen LogP contribution in [0.25, 0.3) is 0 Å². The van der Waals surface area contributed by atoms with E-state index in [2.05, 4.69) is 6.58 Å². The van der Waals surface area contributed by atoms with E-state index < -0.39 is 55.0 Å². The number of ether oxygens (including phenoxy) is 5. The van der Waals surface area contributed by atoms with E-state index in [-0.39, 0.29) is 5.57 Å². The quantitative estimate of drug-likeness (QED) is 0.536. The molecular weight excluding hydrogens is 284 g/mol. The molecule has 3 saturated heterocycles. The number of fused-ring (bicyclic) bond motifs is 3. The SMILES string of the molecule is C=C(CO)C(=O)OC1C(=O)OC2C3OC(C)(C)OC3OC12. The molecule has 0 aromatic heterocycles. The Morgan fingerprint density at radius 3 is 2.71 bits per heavy atom. The topological polar surface area (TPSA) is 101 Å². The fourth-order valence-electron chi connectivity index (χ4n) is 2.60. The molecule has 3 fully saturated rings. The van der Waals surface area contributed by atoms with Crippen molar-refractivity contribution in [1.82, 2.24) is 0 Å². The molecule has 8 heteroatoms. The largest absolute Gasteiger partial charge is 0.454 e. The summed E-state index contributed by atoms with van der Waals surface area (Å²) in [6, 6.07) is 0. The van der Waals surface area contributed by atoms with Crippen molar-refractivity contribution in [3.63, 3.8) is 0 Å². The van der Waals surface area contributed by atoms with E-state index in [1.165, 1.54) is 0 Å². The molecule has 0 bridgehead atoms. The summed E-state index contributed by atoms with van der Waals surface area (Å²) < 4.78 is 26.9. The van der Waals surface area contributed by atoms with Crippen molar-refractivity contribution < 1.29 is 38.4 Å². The maximum Gasteiger partial charge on any atom is 0.350 e. The second kappa shape index (κ2) is 4.77. The van der Waals surface area contributed by atoms with Crippen LogP contribution in [0, 0.1) is 0 Å². The first-order valence-electron chi connectivity index (χ1n) is 6.53. The lowest BCUT2D eigenvalue weighted by Crippen LogP contribution is -2.38. The average Bonchev–Trinajstić information content (AvgIpc) is 2.97. The smallest absolute Gasteiger partial charge is 0.350 e. The minimum atomic E-state index is -1.22. The van der Waals surface area contributed by atoms with Crippen LogP contribution in [0.5, 0.6) is 0 Å². The van der Waals surface area contributed by atoms with Crippen LogP contribution in [0.4, 0.5) is 0 Å². The zero-order chi connectivity index (χ0) is 15.4. The molecule has 0 aromatic rings. The van der Waals surface area contributed by atoms with Crippen LogP contribution in [0.15, 0.2) is 12.2 Å². The molecule has 3 aliphatic heterocycles. The van der Waals surface area contributed by atoms with E-state index in [0.29, 0.717) is 0 Å². The summed E-state index contributed by atoms with van der Waals surface area (Å²) in [6.07, 6.45) is -3.93. The van der Waals surface area contributed by atoms with Gasteiger partial charge in [-0.15, -0.1) is 0 Å². The Hall–Kier alpha value is -1.48. The van der Waals surface area contributed by atoms with Gasteiger partial charge in [-0.2, -0.15) is 0 Å². The molecule has 116 valence electrons. The van der Waals surface area contributed by atoms with Crippen molar-refractivity contribution in [2.75, 3.05) is 6.61 Å². The summed E-state index contributed by atoms with van der Waals surface area (Å²) in [5.41, 5.74) is -0.155. The molecule has 0 radical (unpaired) electrons. The van der Waals surface area contributed by atoms with Crippen LogP contribution in [-0.4, -0.2) is 60.1 Å². The second-order valence-electron chi connectivity index (χ2n) is 5.56. The van der Waals surface area contributed by atoms with Gasteiger partial charge in [-0.1, -0.05) is 6.58 Å². The zero-order valence-electron chi connectivity index (χ0n) is 11.6. The summed E-state index contributed by atoms with van der Waals surface area (Å²) in [4.78, 5) is 23.4. The molecule has 1 N–H and O–H groups in total. The first-order chi connectivity index (χ1) is 9.82. The van der Waals surface area contributed by atoms with E-state index in [1.807, 2.05) is 0 Å². The van der Waals surface area contributed by atoms with Gasteiger partial charge >= 0.3 is 11.9 Å². The summed E-state index contributed by atoms with van der Waals surface area (Å²) in [5, 5.41) is 8.83. The first-order valence-corrected chi connectivity index (χ1v) is 6.53. The van der Waals surface area contributed by atoms with Gasteiger partial charge in [0.2, 0.25) is 6.10 Å². The molecule has 0 amide bonds. The average molecular weight is 300 g/mol. The highest BCUT2D eigenvalue weighted by Gasteiger charge is 2.64. The Kier molecular flexibility index (Phi) is 3.28. The van der Waals surface area contributed by atoms with Crippen LogP contribution in [0.3, 0.4) is 0 Å². The molecule has 0 spiro atoms. The molecule has 5 atom stereocenters. The summed E-state index contributed by atoms with van der Waals surface area (Å²) in [5.74, 6) is -2.41. The summed E-state index contributed by atoms with van der Waals surface area (Å²) in [6.45, 7) is 6.23. The third-order valence-corrected chi connectivity index (χ3v) is 3.52. The number of aliphatic hydroxyl groups is 1. The number of aliphatic hydroxyl groups excluding tert-OH is 1. The van der Waals surface area contributed by atoms with Gasteiger partial charge in [0.15, 0.2) is 24.3 Å². The standard InChI is InChI=1S/C13H16O8/c1-5(4-14)10(15)18-8-6-7(17-11(8)16)9-12(19-6)21-13(2,3)20-9/h6-9,12,14H,1,4H2,2-3H3. The van der Waals surface area contributed by atoms with E-state index >= 15 is 0 Å². The van der Waals surface area contributed by atoms with Gasteiger partial charge in [0, 0.05) is 0 Å². The third-order valence-electron chi connectivity index (χ3n) is 3.52. The monoisotopic (exact) mass is 300 g/mol. The van der Waals surface area contributed by atoms with Crippen molar-refractivity contribution >= 4 is 11.9 Å². The van der Waals surface area contributed by atoms with Crippen LogP contribution in [0.1, 0.15) is 13.8 Å². The van der Waals surface area contributed by atoms with Gasteiger partial charge in [0.25, 0.3) is 0 Å². The minimum Gasteiger partial charge on any atom is -0.454 e. The van der Waals surface area contributed by atoms with Crippen molar-refractivity contribution in [1.29, 1.82) is 0 Å². The number of carbonyl (C=O) groups excluding carboxylic acids is 2. The number of hydrogen-bond acceptors (Lipinski definition) is 8. The number of hydrogen-bond donors (Lipinski definition) is 1. The lowest BCUT2D eigenvalue weighted by atomic mass is 10.1. The fraction of sp³-hybridized carbons (Fsp3) is 0.692. The van der Waals surface area contributed by atoms with Gasteiger partial charge in [0.1, 0.15) is 6.10 Å². The van der Waals surface area contributed by atoms with Crippen LogP contribution < -0.4 is 0 Å². The predicted molar refractivity (Wildman–Crippen MR) is 64.7 cm³/mol. The zero-order valence-corrected chi connectivity index (χ0v) is 11.6. The highest BCUT2D eigenvalue weighted by Crippen LogP contribution is 2.43. The van der Waals surface area contributed by atoms with E-state index in [4.69, 9.17) is 28.8 Å². The first kappa shape index (κ1) is 14.5. The van der Waals surface area contributed by atoms with Gasteiger partial charge in [-0.3, -0.25) is 0 Å². The molecule has 0 aliphatic carbocycles. The summed E-state index contributed by atoms with van der Waals surface area (Å²) in [7, 11) is 0. The fourth-order valence-corrected chi connectivity index (χ4v) is 2.60. The molecule has 5 unspecified atom stereocenters. The van der Waals surface area contributed by atoms with Crippen LogP contribution in [0.2, 0.25) is 0 Å². The lowest BCUT2D eigenvalue weighted by molar-refractivity contribution is -0.216. The van der Waals surface area contributed by atoms with Crippen LogP contribution in [-0.2, 0) is 33.3 Å². The molecule has 0 saturated carbocycles. The highest BCUT2D eigenvalue weighted by molar-refractivity contribution is 5.91. The molecule has 3 rings (SSSR count). The maximum absolute atomic E-state index is 11.8. The molecule has 8 nitrogen and oxygen atoms in total. The number of carbonyl (C=O) groups is 2. The Labute approximate surface area is 120 Å². The number of rotatable bonds is 3. The maximum atomic E-state index is 11.8. The van der Waals surface area contributed by atoms with Gasteiger partial charge in [-0.25, -0.2) is 9.59 Å². The van der Waals surface area contributed by atoms with Crippen LogP contribution >= 0.6 is 0 Å². The van der Waals surface area contributed by atoms with Crippen molar-refractivity contribution in [3.8, 4) is 0 Å². The highest BCUT2D eigenvalue weighted by atomic mass is 16.8. The predicted octanol–water partition coefficient (Wildman–Crippen LogP) is -0.751. The van der Waals surface area contributed by atoms with Gasteiger partial charge in [0.05, 0.1) is 12.2 Å². The third kappa shape index (κ3) is 2.34. The molecule has 0 aromatic carbocycles. The summed E-state index contributed by atoms with van der Waals surface area (Å²) >= 11 is 0. The van der Waals surface area contributed by atoms with E-state index in [1.54, 1.807) is 13.8 Å². The Morgan fingerprint density at radius 2 is 2.05 bits per heavy atom. The minimum absolute atomic E-state index is 0.155. The Balaban J connectivity index is 1.71. The molecule has 3 heterocycles. The molecular formula is C13H16O8. The molecule has 21 heavy (non-hydrogen) atoms. The lowest BCUT2D eigenvalue weighted by Gasteiger charge is -2.21.